The number of benzene rings is 1. The Hall–Kier alpha value is -1.36. The van der Waals surface area contributed by atoms with Gasteiger partial charge >= 0.3 is 0 Å². The summed E-state index contributed by atoms with van der Waals surface area (Å²) in [6.07, 6.45) is 1.03. The van der Waals surface area contributed by atoms with Crippen LogP contribution in [0.25, 0.3) is 0 Å². The van der Waals surface area contributed by atoms with Crippen molar-refractivity contribution in [1.82, 2.24) is 0 Å². The molecule has 0 fully saturated rings. The minimum absolute atomic E-state index is 0.349. The highest BCUT2D eigenvalue weighted by molar-refractivity contribution is 9.10. The number of Topliss-reactive ketones (excluding diaryl/α,β-unsaturated/α-hetero) is 1. The maximum Gasteiger partial charge on any atom is 0.296 e. The molecule has 1 aliphatic heterocycles. The number of ketones is 1. The molecule has 4 nitrogen and oxygen atoms in total. The lowest BCUT2D eigenvalue weighted by atomic mass is 10.1. The second-order valence-electron chi connectivity index (χ2n) is 4.92. The first kappa shape index (κ1) is 14.1. The van der Waals surface area contributed by atoms with Crippen LogP contribution in [0, 0.1) is 0 Å². The highest BCUT2D eigenvalue weighted by atomic mass is 79.9. The summed E-state index contributed by atoms with van der Waals surface area (Å²) in [5, 5.41) is 2.61. The normalized spacial score (nSPS) is 13.7. The maximum absolute atomic E-state index is 11.6. The SMILES string of the molecule is CCCN(c1cc2c(cc1Br)C(=O)C(=O)N2)C(C)C. The number of halogens is 1. The Bertz CT molecular complexity index is 540. The molecular weight excluding hydrogens is 308 g/mol. The van der Waals surface area contributed by atoms with Gasteiger partial charge in [0.1, 0.15) is 0 Å². The van der Waals surface area contributed by atoms with E-state index < -0.39 is 11.7 Å². The largest absolute Gasteiger partial charge is 0.368 e. The van der Waals surface area contributed by atoms with Gasteiger partial charge in [-0.1, -0.05) is 6.92 Å². The zero-order valence-electron chi connectivity index (χ0n) is 11.3. The van der Waals surface area contributed by atoms with Crippen LogP contribution in [0.2, 0.25) is 0 Å². The predicted molar refractivity (Wildman–Crippen MR) is 79.9 cm³/mol. The number of carbonyl (C=O) groups is 2. The third-order valence-electron chi connectivity index (χ3n) is 3.18. The molecule has 0 bridgehead atoms. The number of hydrogen-bond acceptors (Lipinski definition) is 3. The average molecular weight is 325 g/mol. The minimum atomic E-state index is -0.550. The van der Waals surface area contributed by atoms with Crippen molar-refractivity contribution < 1.29 is 9.59 Å². The van der Waals surface area contributed by atoms with Gasteiger partial charge in [-0.05, 0) is 48.3 Å². The van der Waals surface area contributed by atoms with Crippen molar-refractivity contribution in [2.75, 3.05) is 16.8 Å². The van der Waals surface area contributed by atoms with Gasteiger partial charge in [0.15, 0.2) is 0 Å². The average Bonchev–Trinajstić information content (AvgIpc) is 2.62. The lowest BCUT2D eigenvalue weighted by Crippen LogP contribution is -2.31. The minimum Gasteiger partial charge on any atom is -0.368 e. The van der Waals surface area contributed by atoms with Crippen LogP contribution in [0.3, 0.4) is 0 Å². The lowest BCUT2D eigenvalue weighted by Gasteiger charge is -2.30. The van der Waals surface area contributed by atoms with Crippen LogP contribution in [0.15, 0.2) is 16.6 Å². The number of fused-ring (bicyclic) bond motifs is 1. The summed E-state index contributed by atoms with van der Waals surface area (Å²) in [5.74, 6) is -1.01. The van der Waals surface area contributed by atoms with E-state index in [2.05, 4.69) is 46.9 Å². The van der Waals surface area contributed by atoms with E-state index in [4.69, 9.17) is 0 Å². The van der Waals surface area contributed by atoms with E-state index in [9.17, 15) is 9.59 Å². The van der Waals surface area contributed by atoms with Crippen molar-refractivity contribution in [3.05, 3.63) is 22.2 Å². The molecule has 19 heavy (non-hydrogen) atoms. The Kier molecular flexibility index (Phi) is 3.94. The van der Waals surface area contributed by atoms with E-state index in [1.165, 1.54) is 0 Å². The molecule has 1 amide bonds. The van der Waals surface area contributed by atoms with Gasteiger partial charge in [0.25, 0.3) is 11.7 Å². The third kappa shape index (κ3) is 2.52. The first-order valence-corrected chi connectivity index (χ1v) is 7.20. The van der Waals surface area contributed by atoms with Gasteiger partial charge in [-0.15, -0.1) is 0 Å². The molecule has 102 valence electrons. The van der Waals surface area contributed by atoms with E-state index in [-0.39, 0.29) is 0 Å². The Morgan fingerprint density at radius 1 is 1.32 bits per heavy atom. The molecule has 2 rings (SSSR count). The summed E-state index contributed by atoms with van der Waals surface area (Å²) >= 11 is 3.50. The molecule has 0 saturated carbocycles. The Morgan fingerprint density at radius 3 is 2.58 bits per heavy atom. The summed E-state index contributed by atoms with van der Waals surface area (Å²) in [6.45, 7) is 7.30. The van der Waals surface area contributed by atoms with Crippen LogP contribution >= 0.6 is 15.9 Å². The summed E-state index contributed by atoms with van der Waals surface area (Å²) in [6, 6.07) is 3.95. The molecule has 5 heteroatoms. The highest BCUT2D eigenvalue weighted by Crippen LogP contribution is 2.36. The molecule has 1 heterocycles. The zero-order chi connectivity index (χ0) is 14.2. The van der Waals surface area contributed by atoms with E-state index in [0.29, 0.717) is 17.3 Å². The fourth-order valence-electron chi connectivity index (χ4n) is 2.27. The van der Waals surface area contributed by atoms with E-state index in [0.717, 1.165) is 23.1 Å². The number of amides is 1. The van der Waals surface area contributed by atoms with Crippen LogP contribution in [-0.4, -0.2) is 24.3 Å². The molecule has 0 aromatic heterocycles. The summed E-state index contributed by atoms with van der Waals surface area (Å²) in [7, 11) is 0. The quantitative estimate of drug-likeness (QED) is 0.865. The molecule has 0 aliphatic carbocycles. The van der Waals surface area contributed by atoms with Crippen LogP contribution < -0.4 is 10.2 Å². The number of hydrogen-bond donors (Lipinski definition) is 1. The van der Waals surface area contributed by atoms with Gasteiger partial charge < -0.3 is 10.2 Å². The van der Waals surface area contributed by atoms with Gasteiger partial charge in [-0.2, -0.15) is 0 Å². The second kappa shape index (κ2) is 5.33. The number of carbonyl (C=O) groups excluding carboxylic acids is 2. The standard InChI is InChI=1S/C14H17BrN2O2/c1-4-5-17(8(2)3)12-7-11-9(6-10(12)15)13(18)14(19)16-11/h6-8H,4-5H2,1-3H3,(H,16,18,19). The molecule has 0 unspecified atom stereocenters. The second-order valence-corrected chi connectivity index (χ2v) is 5.77. The monoisotopic (exact) mass is 324 g/mol. The number of anilines is 2. The van der Waals surface area contributed by atoms with Crippen LogP contribution in [0.1, 0.15) is 37.6 Å². The van der Waals surface area contributed by atoms with Crippen molar-refractivity contribution in [3.63, 3.8) is 0 Å². The Balaban J connectivity index is 2.46. The predicted octanol–water partition coefficient (Wildman–Crippen LogP) is 3.21. The van der Waals surface area contributed by atoms with Crippen molar-refractivity contribution in [2.45, 2.75) is 33.2 Å². The maximum atomic E-state index is 11.6. The van der Waals surface area contributed by atoms with E-state index in [1.807, 2.05) is 6.07 Å². The van der Waals surface area contributed by atoms with E-state index in [1.54, 1.807) is 6.07 Å². The van der Waals surface area contributed by atoms with Crippen LogP contribution in [-0.2, 0) is 4.79 Å². The van der Waals surface area contributed by atoms with E-state index >= 15 is 0 Å². The van der Waals surface area contributed by atoms with Crippen LogP contribution in [0.4, 0.5) is 11.4 Å². The van der Waals surface area contributed by atoms with Crippen molar-refractivity contribution >= 4 is 39.0 Å². The van der Waals surface area contributed by atoms with Crippen molar-refractivity contribution in [3.8, 4) is 0 Å². The summed E-state index contributed by atoms with van der Waals surface area (Å²) < 4.78 is 0.846. The number of nitrogens with one attached hydrogen (secondary N) is 1. The molecule has 1 aromatic carbocycles. The lowest BCUT2D eigenvalue weighted by molar-refractivity contribution is -0.112. The van der Waals surface area contributed by atoms with Gasteiger partial charge in [-0.3, -0.25) is 9.59 Å². The van der Waals surface area contributed by atoms with Gasteiger partial charge in [0.05, 0.1) is 16.9 Å². The number of nitrogens with zero attached hydrogens (tertiary/aromatic N) is 1. The highest BCUT2D eigenvalue weighted by Gasteiger charge is 2.29. The Morgan fingerprint density at radius 2 is 2.00 bits per heavy atom. The summed E-state index contributed by atoms with van der Waals surface area (Å²) in [4.78, 5) is 25.3. The van der Waals surface area contributed by atoms with Crippen LogP contribution in [0.5, 0.6) is 0 Å². The fraction of sp³-hybridized carbons (Fsp3) is 0.429. The topological polar surface area (TPSA) is 49.4 Å². The molecule has 0 radical (unpaired) electrons. The van der Waals surface area contributed by atoms with Gasteiger partial charge in [-0.25, -0.2) is 0 Å². The molecule has 0 atom stereocenters. The molecule has 1 aliphatic rings. The van der Waals surface area contributed by atoms with Crippen molar-refractivity contribution in [1.29, 1.82) is 0 Å². The zero-order valence-corrected chi connectivity index (χ0v) is 12.9. The summed E-state index contributed by atoms with van der Waals surface area (Å²) in [5.41, 5.74) is 2.06. The van der Waals surface area contributed by atoms with Gasteiger partial charge in [0, 0.05) is 17.1 Å². The molecular formula is C14H17BrN2O2. The molecule has 0 spiro atoms. The molecule has 1 N–H and O–H groups in total. The smallest absolute Gasteiger partial charge is 0.296 e. The van der Waals surface area contributed by atoms with Crippen molar-refractivity contribution in [2.24, 2.45) is 0 Å². The first-order chi connectivity index (χ1) is 8.95. The third-order valence-corrected chi connectivity index (χ3v) is 3.82. The first-order valence-electron chi connectivity index (χ1n) is 6.41. The molecule has 1 aromatic rings. The Labute approximate surface area is 121 Å². The van der Waals surface area contributed by atoms with Gasteiger partial charge in [0.2, 0.25) is 0 Å². The molecule has 0 saturated heterocycles. The number of rotatable bonds is 4. The fourth-order valence-corrected chi connectivity index (χ4v) is 2.84.